The molecule has 3 heterocycles. The number of nitrogens with zero attached hydrogens (tertiary/aromatic N) is 3. The molecule has 0 radical (unpaired) electrons. The molecule has 0 N–H and O–H groups in total. The minimum absolute atomic E-state index is 0.00669. The maximum atomic E-state index is 13.3. The first kappa shape index (κ1) is 17.6. The van der Waals surface area contributed by atoms with Gasteiger partial charge in [-0.2, -0.15) is 18.4 Å². The summed E-state index contributed by atoms with van der Waals surface area (Å²) in [7, 11) is -1.74. The van der Waals surface area contributed by atoms with Crippen LogP contribution in [0.15, 0.2) is 18.2 Å². The predicted octanol–water partition coefficient (Wildman–Crippen LogP) is 2.44. The lowest BCUT2D eigenvalue weighted by Gasteiger charge is -2.49. The fourth-order valence-electron chi connectivity index (χ4n) is 4.98. The molecule has 0 spiro atoms. The van der Waals surface area contributed by atoms with E-state index in [1.165, 1.54) is 12.1 Å². The summed E-state index contributed by atoms with van der Waals surface area (Å²) < 4.78 is 67.1. The van der Waals surface area contributed by atoms with Crippen molar-refractivity contribution in [1.29, 1.82) is 5.26 Å². The van der Waals surface area contributed by atoms with Gasteiger partial charge in [-0.3, -0.25) is 4.31 Å². The van der Waals surface area contributed by atoms with Gasteiger partial charge in [0.1, 0.15) is 0 Å². The van der Waals surface area contributed by atoms with E-state index < -0.39 is 32.6 Å². The molecule has 26 heavy (non-hydrogen) atoms. The zero-order valence-corrected chi connectivity index (χ0v) is 14.9. The van der Waals surface area contributed by atoms with Gasteiger partial charge >= 0.3 is 6.18 Å². The van der Waals surface area contributed by atoms with Crippen molar-refractivity contribution < 1.29 is 21.6 Å². The minimum Gasteiger partial charge on any atom is -0.303 e. The van der Waals surface area contributed by atoms with Gasteiger partial charge in [0.15, 0.2) is 0 Å². The number of hydrogen-bond acceptors (Lipinski definition) is 4. The number of piperidine rings is 2. The van der Waals surface area contributed by atoms with Crippen LogP contribution in [0.2, 0.25) is 0 Å². The van der Waals surface area contributed by atoms with Crippen LogP contribution < -0.4 is 4.31 Å². The Bertz CT molecular complexity index is 893. The molecule has 3 saturated heterocycles. The highest BCUT2D eigenvalue weighted by molar-refractivity contribution is 7.93. The van der Waals surface area contributed by atoms with Gasteiger partial charge < -0.3 is 4.90 Å². The summed E-state index contributed by atoms with van der Waals surface area (Å²) in [5.74, 6) is -0.0760. The molecule has 0 unspecified atom stereocenters. The van der Waals surface area contributed by atoms with Crippen LogP contribution in [0.3, 0.4) is 0 Å². The van der Waals surface area contributed by atoms with E-state index >= 15 is 0 Å². The van der Waals surface area contributed by atoms with E-state index in [2.05, 4.69) is 4.90 Å². The smallest absolute Gasteiger partial charge is 0.303 e. The average molecular weight is 385 g/mol. The number of rotatable bonds is 1. The van der Waals surface area contributed by atoms with Crippen molar-refractivity contribution >= 4 is 15.7 Å². The minimum atomic E-state index is -4.71. The molecule has 9 heteroatoms. The van der Waals surface area contributed by atoms with E-state index in [1.54, 1.807) is 0 Å². The summed E-state index contributed by atoms with van der Waals surface area (Å²) >= 11 is 0. The molecule has 2 bridgehead atoms. The summed E-state index contributed by atoms with van der Waals surface area (Å²) in [5, 5.41) is 8.40. The lowest BCUT2D eigenvalue weighted by atomic mass is 9.72. The maximum Gasteiger partial charge on any atom is 0.417 e. The molecule has 140 valence electrons. The van der Waals surface area contributed by atoms with E-state index in [4.69, 9.17) is 5.26 Å². The zero-order chi connectivity index (χ0) is 18.9. The van der Waals surface area contributed by atoms with Crippen LogP contribution in [0.25, 0.3) is 0 Å². The van der Waals surface area contributed by atoms with Gasteiger partial charge in [-0.05, 0) is 44.0 Å². The maximum absolute atomic E-state index is 13.3. The first-order valence-electron chi connectivity index (χ1n) is 8.47. The Morgan fingerprint density at radius 1 is 1.23 bits per heavy atom. The van der Waals surface area contributed by atoms with Crippen molar-refractivity contribution in [3.05, 3.63) is 29.3 Å². The Labute approximate surface area is 150 Å². The Hall–Kier alpha value is -1.79. The summed E-state index contributed by atoms with van der Waals surface area (Å²) in [5.41, 5.74) is -1.61. The third kappa shape index (κ3) is 2.42. The van der Waals surface area contributed by atoms with Gasteiger partial charge in [-0.15, -0.1) is 0 Å². The van der Waals surface area contributed by atoms with Gasteiger partial charge in [0.25, 0.3) is 0 Å². The molecule has 1 aliphatic carbocycles. The summed E-state index contributed by atoms with van der Waals surface area (Å²) in [4.78, 5) is 2.17. The molecule has 5 rings (SSSR count). The normalized spacial score (nSPS) is 33.1. The van der Waals surface area contributed by atoms with Gasteiger partial charge in [0, 0.05) is 25.0 Å². The molecular formula is C17H18F3N3O2S. The SMILES string of the molecule is CN1C[C@H]2CC[C@@H]1[C@H]1CN(c3ccc(C#N)c(C(F)(F)F)c3)S(=O)(=O)[C@@H]21. The van der Waals surface area contributed by atoms with Gasteiger partial charge in [-0.1, -0.05) is 0 Å². The Morgan fingerprint density at radius 3 is 2.58 bits per heavy atom. The second-order valence-electron chi connectivity index (χ2n) is 7.39. The highest BCUT2D eigenvalue weighted by Gasteiger charge is 2.58. The molecule has 0 aromatic heterocycles. The number of fused-ring (bicyclic) bond motifs is 2. The highest BCUT2D eigenvalue weighted by Crippen LogP contribution is 2.48. The van der Waals surface area contributed by atoms with Crippen LogP contribution in [-0.2, 0) is 16.2 Å². The van der Waals surface area contributed by atoms with Crippen LogP contribution in [0.4, 0.5) is 18.9 Å². The quantitative estimate of drug-likeness (QED) is 0.745. The monoisotopic (exact) mass is 385 g/mol. The fraction of sp³-hybridized carbons (Fsp3) is 0.588. The number of alkyl halides is 3. The van der Waals surface area contributed by atoms with Crippen molar-refractivity contribution in [2.45, 2.75) is 30.3 Å². The van der Waals surface area contributed by atoms with E-state index in [1.807, 2.05) is 7.05 Å². The van der Waals surface area contributed by atoms with Gasteiger partial charge in [-0.25, -0.2) is 8.42 Å². The fourth-order valence-corrected chi connectivity index (χ4v) is 7.48. The third-order valence-electron chi connectivity index (χ3n) is 6.05. The van der Waals surface area contributed by atoms with E-state index in [0.717, 1.165) is 29.3 Å². The number of sulfonamides is 1. The molecule has 0 amide bonds. The third-order valence-corrected chi connectivity index (χ3v) is 8.44. The number of benzene rings is 1. The topological polar surface area (TPSA) is 64.4 Å². The molecule has 5 nitrogen and oxygen atoms in total. The van der Waals surface area contributed by atoms with Crippen LogP contribution in [0.1, 0.15) is 24.0 Å². The van der Waals surface area contributed by atoms with E-state index in [-0.39, 0.29) is 30.1 Å². The van der Waals surface area contributed by atoms with Gasteiger partial charge in [0.05, 0.1) is 28.1 Å². The number of halogens is 3. The first-order valence-corrected chi connectivity index (χ1v) is 9.98. The van der Waals surface area contributed by atoms with Crippen LogP contribution in [-0.4, -0.2) is 44.7 Å². The Morgan fingerprint density at radius 2 is 1.96 bits per heavy atom. The predicted molar refractivity (Wildman–Crippen MR) is 88.8 cm³/mol. The molecule has 4 aliphatic rings. The van der Waals surface area contributed by atoms with Crippen LogP contribution in [0, 0.1) is 23.2 Å². The molecule has 1 aromatic carbocycles. The van der Waals surface area contributed by atoms with Crippen molar-refractivity contribution in [3.63, 3.8) is 0 Å². The van der Waals surface area contributed by atoms with E-state index in [0.29, 0.717) is 6.54 Å². The molecular weight excluding hydrogens is 367 g/mol. The highest BCUT2D eigenvalue weighted by atomic mass is 32.2. The lowest BCUT2D eigenvalue weighted by Crippen LogP contribution is -2.58. The Balaban J connectivity index is 1.77. The molecule has 3 aliphatic heterocycles. The zero-order valence-electron chi connectivity index (χ0n) is 14.1. The van der Waals surface area contributed by atoms with Crippen LogP contribution >= 0.6 is 0 Å². The standard InChI is InChI=1S/C17H18F3N3O2S/c1-22-8-11-3-5-15(22)13-9-23(26(24,25)16(11)13)12-4-2-10(7-21)14(6-12)17(18,19)20/h2,4,6,11,13,15-16H,3,5,8-9H2,1H3/t11-,13-,15-,16+/m1/s1. The molecule has 1 saturated carbocycles. The second-order valence-corrected chi connectivity index (χ2v) is 9.40. The van der Waals surface area contributed by atoms with Crippen molar-refractivity contribution in [2.24, 2.45) is 11.8 Å². The van der Waals surface area contributed by atoms with E-state index in [9.17, 15) is 21.6 Å². The van der Waals surface area contributed by atoms with Crippen molar-refractivity contribution in [3.8, 4) is 6.07 Å². The summed E-state index contributed by atoms with van der Waals surface area (Å²) in [6.45, 7) is 0.905. The lowest BCUT2D eigenvalue weighted by molar-refractivity contribution is -0.137. The van der Waals surface area contributed by atoms with Crippen molar-refractivity contribution in [1.82, 2.24) is 4.90 Å². The summed E-state index contributed by atoms with van der Waals surface area (Å²) in [6, 6.07) is 4.81. The molecule has 1 aromatic rings. The second kappa shape index (κ2) is 5.60. The largest absolute Gasteiger partial charge is 0.417 e. The molecule has 4 atom stereocenters. The Kier molecular flexibility index (Phi) is 3.80. The van der Waals surface area contributed by atoms with Crippen LogP contribution in [0.5, 0.6) is 0 Å². The van der Waals surface area contributed by atoms with Crippen molar-refractivity contribution in [2.75, 3.05) is 24.4 Å². The average Bonchev–Trinajstić information content (AvgIpc) is 2.87. The number of hydrogen-bond donors (Lipinski definition) is 0. The van der Waals surface area contributed by atoms with Gasteiger partial charge in [0.2, 0.25) is 10.0 Å². The number of anilines is 1. The molecule has 4 fully saturated rings. The first-order chi connectivity index (χ1) is 12.1. The number of nitriles is 1. The summed E-state index contributed by atoms with van der Waals surface area (Å²) in [6.07, 6.45) is -2.95.